The SMILES string of the molecule is Cn1nccc1C(=O)N1CCC2(CCCN(CC3CCC3)C2=O)C1. The van der Waals surface area contributed by atoms with Gasteiger partial charge >= 0.3 is 0 Å². The smallest absolute Gasteiger partial charge is 0.272 e. The summed E-state index contributed by atoms with van der Waals surface area (Å²) in [7, 11) is 1.78. The Bertz CT molecular complexity index is 651. The topological polar surface area (TPSA) is 58.4 Å². The van der Waals surface area contributed by atoms with Crippen LogP contribution in [0.5, 0.6) is 0 Å². The number of hydrogen-bond donors (Lipinski definition) is 0. The number of carbonyl (C=O) groups is 2. The summed E-state index contributed by atoms with van der Waals surface area (Å²) >= 11 is 0. The molecule has 6 nitrogen and oxygen atoms in total. The minimum atomic E-state index is -0.337. The van der Waals surface area contributed by atoms with Crippen LogP contribution in [0.2, 0.25) is 0 Å². The minimum Gasteiger partial charge on any atom is -0.342 e. The molecule has 1 saturated carbocycles. The number of piperidine rings is 1. The van der Waals surface area contributed by atoms with E-state index in [1.54, 1.807) is 24.0 Å². The molecule has 0 bridgehead atoms. The molecule has 0 radical (unpaired) electrons. The van der Waals surface area contributed by atoms with Gasteiger partial charge in [-0.3, -0.25) is 14.3 Å². The van der Waals surface area contributed by atoms with Crippen molar-refractivity contribution in [1.29, 1.82) is 0 Å². The molecule has 1 aliphatic carbocycles. The highest BCUT2D eigenvalue weighted by atomic mass is 16.2. The lowest BCUT2D eigenvalue weighted by molar-refractivity contribution is -0.146. The van der Waals surface area contributed by atoms with Crippen molar-refractivity contribution in [2.45, 2.75) is 38.5 Å². The van der Waals surface area contributed by atoms with Crippen LogP contribution < -0.4 is 0 Å². The third-order valence-corrected chi connectivity index (χ3v) is 6.21. The van der Waals surface area contributed by atoms with Gasteiger partial charge in [-0.25, -0.2) is 0 Å². The molecule has 1 aromatic heterocycles. The lowest BCUT2D eigenvalue weighted by atomic mass is 9.77. The lowest BCUT2D eigenvalue weighted by Crippen LogP contribution is -2.52. The number of aryl methyl sites for hydroxylation is 1. The zero-order valence-corrected chi connectivity index (χ0v) is 14.4. The van der Waals surface area contributed by atoms with Crippen LogP contribution in [0.15, 0.2) is 12.3 Å². The van der Waals surface area contributed by atoms with Crippen molar-refractivity contribution >= 4 is 11.8 Å². The molecule has 24 heavy (non-hydrogen) atoms. The standard InChI is InChI=1S/C18H26N4O2/c1-20-15(6-9-19-20)16(23)22-11-8-18(13-22)7-3-10-21(17(18)24)12-14-4-2-5-14/h6,9,14H,2-5,7-8,10-13H2,1H3. The summed E-state index contributed by atoms with van der Waals surface area (Å²) < 4.78 is 1.61. The minimum absolute atomic E-state index is 0.00390. The fourth-order valence-corrected chi connectivity index (χ4v) is 4.48. The van der Waals surface area contributed by atoms with Crippen LogP contribution >= 0.6 is 0 Å². The van der Waals surface area contributed by atoms with E-state index in [-0.39, 0.29) is 11.3 Å². The van der Waals surface area contributed by atoms with Crippen LogP contribution in [0.4, 0.5) is 0 Å². The molecule has 3 aliphatic rings. The van der Waals surface area contributed by atoms with Gasteiger partial charge < -0.3 is 9.80 Å². The fourth-order valence-electron chi connectivity index (χ4n) is 4.48. The largest absolute Gasteiger partial charge is 0.342 e. The Balaban J connectivity index is 1.46. The van der Waals surface area contributed by atoms with Crippen LogP contribution in [0, 0.1) is 11.3 Å². The number of hydrogen-bond acceptors (Lipinski definition) is 3. The lowest BCUT2D eigenvalue weighted by Gasteiger charge is -2.42. The summed E-state index contributed by atoms with van der Waals surface area (Å²) in [6.07, 6.45) is 8.27. The summed E-state index contributed by atoms with van der Waals surface area (Å²) in [5.74, 6) is 0.995. The highest BCUT2D eigenvalue weighted by Gasteiger charge is 2.49. The van der Waals surface area contributed by atoms with Gasteiger partial charge in [0.05, 0.1) is 5.41 Å². The Kier molecular flexibility index (Phi) is 3.85. The third kappa shape index (κ3) is 2.52. The highest BCUT2D eigenvalue weighted by molar-refractivity contribution is 5.94. The predicted molar refractivity (Wildman–Crippen MR) is 89.3 cm³/mol. The maximum atomic E-state index is 13.1. The van der Waals surface area contributed by atoms with Crippen molar-refractivity contribution in [1.82, 2.24) is 19.6 Å². The molecule has 130 valence electrons. The first-order chi connectivity index (χ1) is 11.6. The quantitative estimate of drug-likeness (QED) is 0.847. The highest BCUT2D eigenvalue weighted by Crippen LogP contribution is 2.41. The zero-order valence-electron chi connectivity index (χ0n) is 14.4. The van der Waals surface area contributed by atoms with Crippen molar-refractivity contribution in [2.75, 3.05) is 26.2 Å². The van der Waals surface area contributed by atoms with E-state index < -0.39 is 0 Å². The van der Waals surface area contributed by atoms with Gasteiger partial charge in [0, 0.05) is 39.4 Å². The van der Waals surface area contributed by atoms with E-state index in [1.807, 2.05) is 4.90 Å². The summed E-state index contributed by atoms with van der Waals surface area (Å²) in [5.41, 5.74) is 0.262. The van der Waals surface area contributed by atoms with Crippen LogP contribution in [-0.2, 0) is 11.8 Å². The van der Waals surface area contributed by atoms with Crippen molar-refractivity contribution in [3.8, 4) is 0 Å². The number of rotatable bonds is 3. The molecule has 1 atom stereocenters. The molecular weight excluding hydrogens is 304 g/mol. The Morgan fingerprint density at radius 1 is 1.29 bits per heavy atom. The maximum Gasteiger partial charge on any atom is 0.272 e. The van der Waals surface area contributed by atoms with Gasteiger partial charge in [-0.1, -0.05) is 6.42 Å². The van der Waals surface area contributed by atoms with E-state index in [1.165, 1.54) is 19.3 Å². The summed E-state index contributed by atoms with van der Waals surface area (Å²) in [6, 6.07) is 1.75. The van der Waals surface area contributed by atoms with Gasteiger partial charge in [0.15, 0.2) is 0 Å². The molecule has 1 unspecified atom stereocenters. The number of carbonyl (C=O) groups excluding carboxylic acids is 2. The van der Waals surface area contributed by atoms with E-state index in [4.69, 9.17) is 0 Å². The average Bonchev–Trinajstić information content (AvgIpc) is 3.14. The van der Waals surface area contributed by atoms with E-state index in [9.17, 15) is 9.59 Å². The Labute approximate surface area is 142 Å². The average molecular weight is 330 g/mol. The normalized spacial score (nSPS) is 27.8. The number of amides is 2. The van der Waals surface area contributed by atoms with Crippen molar-refractivity contribution in [3.63, 3.8) is 0 Å². The van der Waals surface area contributed by atoms with Gasteiger partial charge in [-0.2, -0.15) is 5.10 Å². The predicted octanol–water partition coefficient (Wildman–Crippen LogP) is 1.67. The first-order valence-corrected chi connectivity index (χ1v) is 9.16. The van der Waals surface area contributed by atoms with E-state index in [0.717, 1.165) is 32.4 Å². The molecular formula is C18H26N4O2. The van der Waals surface area contributed by atoms with Gasteiger partial charge in [-0.05, 0) is 44.1 Å². The number of likely N-dealkylation sites (tertiary alicyclic amines) is 2. The number of aromatic nitrogens is 2. The molecule has 1 spiro atoms. The Morgan fingerprint density at radius 2 is 2.12 bits per heavy atom. The monoisotopic (exact) mass is 330 g/mol. The summed E-state index contributed by atoms with van der Waals surface area (Å²) in [4.78, 5) is 29.8. The second-order valence-electron chi connectivity index (χ2n) is 7.75. The van der Waals surface area contributed by atoms with E-state index in [0.29, 0.717) is 30.6 Å². The summed E-state index contributed by atoms with van der Waals surface area (Å²) in [6.45, 7) is 3.06. The van der Waals surface area contributed by atoms with Crippen molar-refractivity contribution in [3.05, 3.63) is 18.0 Å². The third-order valence-electron chi connectivity index (χ3n) is 6.21. The van der Waals surface area contributed by atoms with E-state index in [2.05, 4.69) is 10.00 Å². The molecule has 6 heteroatoms. The Morgan fingerprint density at radius 3 is 2.79 bits per heavy atom. The number of nitrogens with zero attached hydrogens (tertiary/aromatic N) is 4. The summed E-state index contributed by atoms with van der Waals surface area (Å²) in [5, 5.41) is 4.08. The molecule has 3 heterocycles. The zero-order chi connectivity index (χ0) is 16.7. The molecule has 2 amide bonds. The Hall–Kier alpha value is -1.85. The molecule has 0 N–H and O–H groups in total. The van der Waals surface area contributed by atoms with Crippen molar-refractivity contribution in [2.24, 2.45) is 18.4 Å². The van der Waals surface area contributed by atoms with Crippen LogP contribution in [-0.4, -0.2) is 57.6 Å². The van der Waals surface area contributed by atoms with Crippen LogP contribution in [0.3, 0.4) is 0 Å². The molecule has 2 saturated heterocycles. The van der Waals surface area contributed by atoms with Gasteiger partial charge in [0.2, 0.25) is 5.91 Å². The van der Waals surface area contributed by atoms with Gasteiger partial charge in [0.25, 0.3) is 5.91 Å². The van der Waals surface area contributed by atoms with Crippen molar-refractivity contribution < 1.29 is 9.59 Å². The molecule has 1 aromatic rings. The van der Waals surface area contributed by atoms with Gasteiger partial charge in [-0.15, -0.1) is 0 Å². The first-order valence-electron chi connectivity index (χ1n) is 9.16. The first kappa shape index (κ1) is 15.7. The molecule has 3 fully saturated rings. The second-order valence-corrected chi connectivity index (χ2v) is 7.75. The van der Waals surface area contributed by atoms with Gasteiger partial charge in [0.1, 0.15) is 5.69 Å². The fraction of sp³-hybridized carbons (Fsp3) is 0.722. The van der Waals surface area contributed by atoms with Crippen LogP contribution in [0.1, 0.15) is 49.0 Å². The second kappa shape index (κ2) is 5.90. The van der Waals surface area contributed by atoms with E-state index >= 15 is 0 Å². The molecule has 4 rings (SSSR count). The van der Waals surface area contributed by atoms with Crippen LogP contribution in [0.25, 0.3) is 0 Å². The molecule has 2 aliphatic heterocycles. The maximum absolute atomic E-state index is 13.1. The molecule has 0 aromatic carbocycles.